The summed E-state index contributed by atoms with van der Waals surface area (Å²) in [5.74, 6) is -1.42. The van der Waals surface area contributed by atoms with E-state index in [0.29, 0.717) is 12.2 Å². The van der Waals surface area contributed by atoms with E-state index in [0.717, 1.165) is 17.8 Å². The zero-order valence-corrected chi connectivity index (χ0v) is 10.2. The van der Waals surface area contributed by atoms with E-state index in [2.05, 4.69) is 5.10 Å². The van der Waals surface area contributed by atoms with E-state index >= 15 is 0 Å². The molecular weight excluding hydrogens is 238 g/mol. The molecule has 2 aromatic rings. The Morgan fingerprint density at radius 3 is 2.67 bits per heavy atom. The van der Waals surface area contributed by atoms with Crippen molar-refractivity contribution in [2.75, 3.05) is 0 Å². The first-order valence-corrected chi connectivity index (χ1v) is 5.70. The van der Waals surface area contributed by atoms with Crippen molar-refractivity contribution in [2.45, 2.75) is 26.5 Å². The molecule has 18 heavy (non-hydrogen) atoms. The first-order chi connectivity index (χ1) is 8.52. The standard InChI is InChI=1S/C13H14F2N2O/c1-3-17-12(6-8(2)16-17)13(18)10-5-4-9(14)7-11(10)15/h4-7,13,18H,3H2,1-2H3. The molecule has 2 rings (SSSR count). The third-order valence-corrected chi connectivity index (χ3v) is 2.77. The summed E-state index contributed by atoms with van der Waals surface area (Å²) in [5, 5.41) is 14.3. The largest absolute Gasteiger partial charge is 0.382 e. The van der Waals surface area contributed by atoms with Gasteiger partial charge in [0.25, 0.3) is 0 Å². The van der Waals surface area contributed by atoms with Crippen molar-refractivity contribution in [1.29, 1.82) is 0 Å². The molecule has 0 saturated heterocycles. The van der Waals surface area contributed by atoms with Crippen LogP contribution in [0.3, 0.4) is 0 Å². The molecule has 0 amide bonds. The van der Waals surface area contributed by atoms with Crippen LogP contribution in [0.5, 0.6) is 0 Å². The van der Waals surface area contributed by atoms with Crippen molar-refractivity contribution in [2.24, 2.45) is 0 Å². The predicted octanol–water partition coefficient (Wildman–Crippen LogP) is 2.57. The van der Waals surface area contributed by atoms with Crippen molar-refractivity contribution in [3.05, 3.63) is 52.9 Å². The molecule has 1 aromatic heterocycles. The number of aliphatic hydroxyl groups excluding tert-OH is 1. The van der Waals surface area contributed by atoms with Gasteiger partial charge in [-0.25, -0.2) is 8.78 Å². The quantitative estimate of drug-likeness (QED) is 0.911. The Balaban J connectivity index is 2.43. The van der Waals surface area contributed by atoms with E-state index in [-0.39, 0.29) is 5.56 Å². The minimum atomic E-state index is -1.15. The second kappa shape index (κ2) is 4.86. The normalized spacial score (nSPS) is 12.7. The average Bonchev–Trinajstić information content (AvgIpc) is 2.69. The molecule has 1 unspecified atom stereocenters. The van der Waals surface area contributed by atoms with Gasteiger partial charge in [-0.05, 0) is 26.0 Å². The van der Waals surface area contributed by atoms with Gasteiger partial charge in [0.15, 0.2) is 0 Å². The van der Waals surface area contributed by atoms with Crippen LogP contribution in [0.4, 0.5) is 8.78 Å². The Kier molecular flexibility index (Phi) is 3.43. The van der Waals surface area contributed by atoms with E-state index in [1.54, 1.807) is 17.7 Å². The molecule has 0 radical (unpaired) electrons. The van der Waals surface area contributed by atoms with Gasteiger partial charge in [-0.3, -0.25) is 4.68 Å². The molecular formula is C13H14F2N2O. The van der Waals surface area contributed by atoms with E-state index in [4.69, 9.17) is 0 Å². The van der Waals surface area contributed by atoms with E-state index in [9.17, 15) is 13.9 Å². The number of rotatable bonds is 3. The molecule has 0 bridgehead atoms. The summed E-state index contributed by atoms with van der Waals surface area (Å²) in [6.07, 6.45) is -1.15. The van der Waals surface area contributed by atoms with Gasteiger partial charge in [-0.2, -0.15) is 5.10 Å². The van der Waals surface area contributed by atoms with Crippen LogP contribution in [-0.4, -0.2) is 14.9 Å². The molecule has 0 aliphatic rings. The van der Waals surface area contributed by atoms with E-state index in [1.165, 1.54) is 6.07 Å². The van der Waals surface area contributed by atoms with Crippen molar-refractivity contribution < 1.29 is 13.9 Å². The van der Waals surface area contributed by atoms with Gasteiger partial charge in [0.05, 0.1) is 11.4 Å². The van der Waals surface area contributed by atoms with Crippen LogP contribution in [0.25, 0.3) is 0 Å². The van der Waals surface area contributed by atoms with Crippen molar-refractivity contribution >= 4 is 0 Å². The summed E-state index contributed by atoms with van der Waals surface area (Å²) in [6.45, 7) is 4.25. The van der Waals surface area contributed by atoms with Crippen molar-refractivity contribution in [3.63, 3.8) is 0 Å². The minimum absolute atomic E-state index is 0.0472. The predicted molar refractivity (Wildman–Crippen MR) is 63.1 cm³/mol. The van der Waals surface area contributed by atoms with Gasteiger partial charge < -0.3 is 5.11 Å². The van der Waals surface area contributed by atoms with Crippen LogP contribution in [0.2, 0.25) is 0 Å². The minimum Gasteiger partial charge on any atom is -0.382 e. The fraction of sp³-hybridized carbons (Fsp3) is 0.308. The van der Waals surface area contributed by atoms with Gasteiger partial charge in [0.2, 0.25) is 0 Å². The third-order valence-electron chi connectivity index (χ3n) is 2.77. The Morgan fingerprint density at radius 1 is 1.33 bits per heavy atom. The summed E-state index contributed by atoms with van der Waals surface area (Å²) in [5.41, 5.74) is 1.29. The lowest BCUT2D eigenvalue weighted by molar-refractivity contribution is 0.202. The Bertz CT molecular complexity index is 566. The van der Waals surface area contributed by atoms with Gasteiger partial charge in [0, 0.05) is 18.2 Å². The molecule has 3 nitrogen and oxygen atoms in total. The van der Waals surface area contributed by atoms with E-state index < -0.39 is 17.7 Å². The zero-order valence-electron chi connectivity index (χ0n) is 10.2. The monoisotopic (exact) mass is 252 g/mol. The zero-order chi connectivity index (χ0) is 13.3. The summed E-state index contributed by atoms with van der Waals surface area (Å²) in [7, 11) is 0. The molecule has 1 atom stereocenters. The molecule has 5 heteroatoms. The average molecular weight is 252 g/mol. The molecule has 1 heterocycles. The van der Waals surface area contributed by atoms with Crippen LogP contribution in [-0.2, 0) is 6.54 Å². The van der Waals surface area contributed by atoms with Gasteiger partial charge in [-0.15, -0.1) is 0 Å². The topological polar surface area (TPSA) is 38.0 Å². The summed E-state index contributed by atoms with van der Waals surface area (Å²) < 4.78 is 28.0. The number of aryl methyl sites for hydroxylation is 2. The van der Waals surface area contributed by atoms with Gasteiger partial charge in [0.1, 0.15) is 17.7 Å². The summed E-state index contributed by atoms with van der Waals surface area (Å²) in [4.78, 5) is 0. The smallest absolute Gasteiger partial charge is 0.132 e. The Hall–Kier alpha value is -1.75. The SMILES string of the molecule is CCn1nc(C)cc1C(O)c1ccc(F)cc1F. The van der Waals surface area contributed by atoms with Crippen molar-refractivity contribution in [1.82, 2.24) is 9.78 Å². The molecule has 0 aliphatic heterocycles. The molecule has 0 fully saturated rings. The summed E-state index contributed by atoms with van der Waals surface area (Å²) in [6, 6.07) is 4.83. The maximum absolute atomic E-state index is 13.6. The second-order valence-electron chi connectivity index (χ2n) is 4.09. The number of hydrogen-bond donors (Lipinski definition) is 1. The summed E-state index contributed by atoms with van der Waals surface area (Å²) >= 11 is 0. The highest BCUT2D eigenvalue weighted by Gasteiger charge is 2.19. The van der Waals surface area contributed by atoms with Crippen LogP contribution in [0.1, 0.15) is 30.0 Å². The molecule has 1 N–H and O–H groups in total. The highest BCUT2D eigenvalue weighted by atomic mass is 19.1. The molecule has 96 valence electrons. The van der Waals surface area contributed by atoms with E-state index in [1.807, 2.05) is 6.92 Å². The molecule has 1 aromatic carbocycles. The molecule has 0 saturated carbocycles. The number of halogens is 2. The number of aliphatic hydroxyl groups is 1. The fourth-order valence-electron chi connectivity index (χ4n) is 1.92. The maximum Gasteiger partial charge on any atom is 0.132 e. The molecule has 0 aliphatic carbocycles. The lowest BCUT2D eigenvalue weighted by atomic mass is 10.1. The number of aromatic nitrogens is 2. The Labute approximate surface area is 104 Å². The highest BCUT2D eigenvalue weighted by molar-refractivity contribution is 5.28. The van der Waals surface area contributed by atoms with Gasteiger partial charge >= 0.3 is 0 Å². The molecule has 0 spiro atoms. The lowest BCUT2D eigenvalue weighted by Crippen LogP contribution is -2.10. The maximum atomic E-state index is 13.6. The van der Waals surface area contributed by atoms with Crippen LogP contribution in [0, 0.1) is 18.6 Å². The van der Waals surface area contributed by atoms with Gasteiger partial charge in [-0.1, -0.05) is 6.07 Å². The highest BCUT2D eigenvalue weighted by Crippen LogP contribution is 2.25. The van der Waals surface area contributed by atoms with Crippen molar-refractivity contribution in [3.8, 4) is 0 Å². The van der Waals surface area contributed by atoms with Crippen LogP contribution < -0.4 is 0 Å². The number of nitrogens with zero attached hydrogens (tertiary/aromatic N) is 2. The fourth-order valence-corrected chi connectivity index (χ4v) is 1.92. The van der Waals surface area contributed by atoms with Crippen LogP contribution >= 0.6 is 0 Å². The first kappa shape index (κ1) is 12.7. The lowest BCUT2D eigenvalue weighted by Gasteiger charge is -2.13. The Morgan fingerprint density at radius 2 is 2.06 bits per heavy atom. The second-order valence-corrected chi connectivity index (χ2v) is 4.09. The van der Waals surface area contributed by atoms with Crippen LogP contribution in [0.15, 0.2) is 24.3 Å². The first-order valence-electron chi connectivity index (χ1n) is 5.70. The third kappa shape index (κ3) is 2.26. The number of hydrogen-bond acceptors (Lipinski definition) is 2. The number of benzene rings is 1.